The van der Waals surface area contributed by atoms with E-state index in [1.165, 1.54) is 4.31 Å². The van der Waals surface area contributed by atoms with E-state index in [2.05, 4.69) is 15.8 Å². The molecule has 2 heterocycles. The third-order valence-electron chi connectivity index (χ3n) is 6.65. The number of benzene rings is 1. The van der Waals surface area contributed by atoms with Crippen molar-refractivity contribution >= 4 is 33.4 Å². The predicted octanol–water partition coefficient (Wildman–Crippen LogP) is 3.11. The lowest BCUT2D eigenvalue weighted by atomic mass is 9.94. The highest BCUT2D eigenvalue weighted by Crippen LogP contribution is 2.40. The van der Waals surface area contributed by atoms with E-state index in [0.29, 0.717) is 25.3 Å². The van der Waals surface area contributed by atoms with Crippen LogP contribution in [0.2, 0.25) is 0 Å². The average Bonchev–Trinajstić information content (AvgIpc) is 3.54. The fourth-order valence-electron chi connectivity index (χ4n) is 4.49. The van der Waals surface area contributed by atoms with Crippen LogP contribution in [0.4, 0.5) is 0 Å². The maximum atomic E-state index is 13.3. The molecular formula is C24H31ClN4O5S. The standard InChI is InChI=1S/C24H31ClN4O5S/c1-15-12-18(26-23(31)20-13-21(34-28-20)16-4-5-16)10-11-29(15)35(32,33)19-8-6-17(7-9-19)24(2,3)27-22(30)14-25/h6-9,13,15-16,18H,4-5,10-12,14H2,1-3H3,(H,26,31)(H,27,30)/t15-,18-/m0/s1. The number of alkyl halides is 1. The van der Waals surface area contributed by atoms with Gasteiger partial charge >= 0.3 is 0 Å². The number of piperidine rings is 1. The van der Waals surface area contributed by atoms with Crippen molar-refractivity contribution in [1.82, 2.24) is 20.1 Å². The minimum Gasteiger partial charge on any atom is -0.360 e. The van der Waals surface area contributed by atoms with Crippen LogP contribution in [-0.2, 0) is 20.4 Å². The summed E-state index contributed by atoms with van der Waals surface area (Å²) in [5.74, 6) is 0.379. The fourth-order valence-corrected chi connectivity index (χ4v) is 6.21. The predicted molar refractivity (Wildman–Crippen MR) is 131 cm³/mol. The minimum absolute atomic E-state index is 0.149. The molecule has 2 N–H and O–H groups in total. The van der Waals surface area contributed by atoms with Gasteiger partial charge in [0.15, 0.2) is 5.69 Å². The summed E-state index contributed by atoms with van der Waals surface area (Å²) in [5, 5.41) is 9.66. The van der Waals surface area contributed by atoms with Gasteiger partial charge in [-0.3, -0.25) is 9.59 Å². The van der Waals surface area contributed by atoms with Crippen molar-refractivity contribution in [2.24, 2.45) is 0 Å². The Labute approximate surface area is 210 Å². The van der Waals surface area contributed by atoms with Gasteiger partial charge in [0.25, 0.3) is 5.91 Å². The molecular weight excluding hydrogens is 492 g/mol. The highest BCUT2D eigenvalue weighted by molar-refractivity contribution is 7.89. The van der Waals surface area contributed by atoms with Crippen molar-refractivity contribution in [3.05, 3.63) is 47.3 Å². The highest BCUT2D eigenvalue weighted by atomic mass is 35.5. The first-order valence-corrected chi connectivity index (χ1v) is 13.8. The SMILES string of the molecule is C[C@H]1C[C@@H](NC(=O)c2cc(C3CC3)on2)CCN1S(=O)(=O)c1ccc(C(C)(C)NC(=O)CCl)cc1. The molecule has 4 rings (SSSR count). The van der Waals surface area contributed by atoms with Gasteiger partial charge in [0.1, 0.15) is 11.6 Å². The smallest absolute Gasteiger partial charge is 0.273 e. The summed E-state index contributed by atoms with van der Waals surface area (Å²) in [5.41, 5.74) is 0.336. The van der Waals surface area contributed by atoms with Crippen LogP contribution in [0.3, 0.4) is 0 Å². The molecule has 0 spiro atoms. The van der Waals surface area contributed by atoms with Crippen molar-refractivity contribution in [3.63, 3.8) is 0 Å². The van der Waals surface area contributed by atoms with E-state index in [1.807, 2.05) is 20.8 Å². The topological polar surface area (TPSA) is 122 Å². The molecule has 2 aromatic rings. The number of hydrogen-bond donors (Lipinski definition) is 2. The van der Waals surface area contributed by atoms with Gasteiger partial charge in [-0.2, -0.15) is 4.31 Å². The molecule has 2 amide bonds. The van der Waals surface area contributed by atoms with Crippen molar-refractivity contribution < 1.29 is 22.5 Å². The normalized spacial score (nSPS) is 21.5. The Morgan fingerprint density at radius 2 is 1.89 bits per heavy atom. The van der Waals surface area contributed by atoms with E-state index in [-0.39, 0.29) is 40.4 Å². The quantitative estimate of drug-likeness (QED) is 0.514. The van der Waals surface area contributed by atoms with Gasteiger partial charge in [0, 0.05) is 30.6 Å². The maximum Gasteiger partial charge on any atom is 0.273 e. The molecule has 1 aliphatic heterocycles. The van der Waals surface area contributed by atoms with Gasteiger partial charge in [-0.1, -0.05) is 17.3 Å². The molecule has 0 radical (unpaired) electrons. The Morgan fingerprint density at radius 1 is 1.20 bits per heavy atom. The number of rotatable bonds is 8. The van der Waals surface area contributed by atoms with Gasteiger partial charge in [0.05, 0.1) is 10.4 Å². The third-order valence-corrected chi connectivity index (χ3v) is 8.92. The second kappa shape index (κ2) is 9.91. The fraction of sp³-hybridized carbons (Fsp3) is 0.542. The lowest BCUT2D eigenvalue weighted by Crippen LogP contribution is -2.50. The molecule has 11 heteroatoms. The Kier molecular flexibility index (Phi) is 7.26. The number of aromatic nitrogens is 1. The minimum atomic E-state index is -3.72. The largest absolute Gasteiger partial charge is 0.360 e. The Balaban J connectivity index is 1.38. The number of amides is 2. The van der Waals surface area contributed by atoms with E-state index >= 15 is 0 Å². The second-order valence-corrected chi connectivity index (χ2v) is 12.0. The van der Waals surface area contributed by atoms with Gasteiger partial charge in [-0.15, -0.1) is 11.6 Å². The molecule has 1 aliphatic carbocycles. The van der Waals surface area contributed by atoms with E-state index < -0.39 is 15.6 Å². The summed E-state index contributed by atoms with van der Waals surface area (Å²) in [7, 11) is -3.72. The lowest BCUT2D eigenvalue weighted by Gasteiger charge is -2.37. The number of halogens is 1. The zero-order chi connectivity index (χ0) is 25.4. The Bertz CT molecular complexity index is 1190. The molecule has 35 heavy (non-hydrogen) atoms. The number of carbonyl (C=O) groups is 2. The molecule has 1 saturated carbocycles. The number of nitrogens with zero attached hydrogens (tertiary/aromatic N) is 2. The molecule has 0 unspecified atom stereocenters. The third kappa shape index (κ3) is 5.70. The van der Waals surface area contributed by atoms with Gasteiger partial charge in [0.2, 0.25) is 15.9 Å². The van der Waals surface area contributed by atoms with Crippen LogP contribution >= 0.6 is 11.6 Å². The van der Waals surface area contributed by atoms with E-state index in [9.17, 15) is 18.0 Å². The van der Waals surface area contributed by atoms with Crippen LogP contribution in [0.1, 0.15) is 74.2 Å². The maximum absolute atomic E-state index is 13.3. The molecule has 0 bridgehead atoms. The second-order valence-electron chi connectivity index (χ2n) is 9.88. The molecule has 2 fully saturated rings. The van der Waals surface area contributed by atoms with Crippen LogP contribution < -0.4 is 10.6 Å². The Morgan fingerprint density at radius 3 is 2.49 bits per heavy atom. The van der Waals surface area contributed by atoms with E-state index in [1.54, 1.807) is 30.3 Å². The molecule has 1 aromatic heterocycles. The van der Waals surface area contributed by atoms with Gasteiger partial charge in [-0.25, -0.2) is 8.42 Å². The van der Waals surface area contributed by atoms with Crippen LogP contribution in [0.25, 0.3) is 0 Å². The summed E-state index contributed by atoms with van der Waals surface area (Å²) in [6.45, 7) is 5.79. The zero-order valence-corrected chi connectivity index (χ0v) is 21.7. The van der Waals surface area contributed by atoms with E-state index in [4.69, 9.17) is 16.1 Å². The van der Waals surface area contributed by atoms with Gasteiger partial charge in [-0.05, 0) is 64.2 Å². The van der Waals surface area contributed by atoms with Crippen LogP contribution in [0.5, 0.6) is 0 Å². The summed E-state index contributed by atoms with van der Waals surface area (Å²) < 4.78 is 33.4. The van der Waals surface area contributed by atoms with Crippen molar-refractivity contribution in [3.8, 4) is 0 Å². The first-order chi connectivity index (χ1) is 16.5. The summed E-state index contributed by atoms with van der Waals surface area (Å²) >= 11 is 5.59. The molecule has 1 aromatic carbocycles. The number of nitrogens with one attached hydrogen (secondary N) is 2. The van der Waals surface area contributed by atoms with Crippen molar-refractivity contribution in [2.75, 3.05) is 12.4 Å². The number of hydrogen-bond acceptors (Lipinski definition) is 6. The molecule has 2 atom stereocenters. The lowest BCUT2D eigenvalue weighted by molar-refractivity contribution is -0.120. The summed E-state index contributed by atoms with van der Waals surface area (Å²) in [6, 6.07) is 7.77. The molecule has 1 saturated heterocycles. The average molecular weight is 523 g/mol. The first-order valence-electron chi connectivity index (χ1n) is 11.8. The zero-order valence-electron chi connectivity index (χ0n) is 20.1. The van der Waals surface area contributed by atoms with Crippen LogP contribution in [0, 0.1) is 0 Å². The van der Waals surface area contributed by atoms with Crippen LogP contribution in [0.15, 0.2) is 39.8 Å². The molecule has 2 aliphatic rings. The summed E-state index contributed by atoms with van der Waals surface area (Å²) in [4.78, 5) is 24.5. The number of sulfonamides is 1. The van der Waals surface area contributed by atoms with Gasteiger partial charge < -0.3 is 15.2 Å². The summed E-state index contributed by atoms with van der Waals surface area (Å²) in [6.07, 6.45) is 3.11. The van der Waals surface area contributed by atoms with Crippen molar-refractivity contribution in [1.29, 1.82) is 0 Å². The monoisotopic (exact) mass is 522 g/mol. The van der Waals surface area contributed by atoms with Crippen molar-refractivity contribution in [2.45, 2.75) is 74.9 Å². The van der Waals surface area contributed by atoms with E-state index in [0.717, 1.165) is 24.2 Å². The van der Waals surface area contributed by atoms with Crippen LogP contribution in [-0.4, -0.2) is 54.2 Å². The first kappa shape index (κ1) is 25.7. The molecule has 190 valence electrons. The Hall–Kier alpha value is -2.43. The highest BCUT2D eigenvalue weighted by Gasteiger charge is 2.36. The molecule has 9 nitrogen and oxygen atoms in total. The number of carbonyl (C=O) groups excluding carboxylic acids is 2.